The molecule has 0 aromatic carbocycles. The Morgan fingerprint density at radius 3 is 2.24 bits per heavy atom. The van der Waals surface area contributed by atoms with Gasteiger partial charge in [0.15, 0.2) is 5.65 Å². The molecule has 0 aliphatic carbocycles. The van der Waals surface area contributed by atoms with Crippen LogP contribution in [0.5, 0.6) is 0 Å². The zero-order valence-corrected chi connectivity index (χ0v) is 17.9. The van der Waals surface area contributed by atoms with Crippen LogP contribution in [0.25, 0.3) is 11.2 Å². The van der Waals surface area contributed by atoms with E-state index in [9.17, 15) is 0 Å². The fourth-order valence-electron chi connectivity index (χ4n) is 1.01. The molecule has 2 aromatic heterocycles. The summed E-state index contributed by atoms with van der Waals surface area (Å²) in [6.07, 6.45) is 3.47. The molecule has 0 radical (unpaired) electrons. The fourth-order valence-corrected chi connectivity index (χ4v) is 1.01. The Balaban J connectivity index is 0.000000368. The second kappa shape index (κ2) is 10.2. The first-order valence-electron chi connectivity index (χ1n) is 4.89. The number of hydrogen-bond donors (Lipinski definition) is 0. The monoisotopic (exact) mass is 610 g/mol. The van der Waals surface area contributed by atoms with Gasteiger partial charge in [0.05, 0.1) is 12.5 Å². The Labute approximate surface area is 139 Å². The zero-order valence-electron chi connectivity index (χ0n) is 10.0. The second-order valence-corrected chi connectivity index (χ2v) is 38.0. The standard InChI is InChI=1S/C7H8N4.C2H6.3HI.V/c1-5-8-3-6-7(10-5)11(2)4-9-6;1-2;;;;/h3-4H,1-2H3;1-2H3;3*1H;/q;;;;;+3/p-3. The summed E-state index contributed by atoms with van der Waals surface area (Å²) in [6, 6.07) is 0. The summed E-state index contributed by atoms with van der Waals surface area (Å²) in [5.74, 6) is 0.779. The number of aryl methyl sites for hydroxylation is 2. The van der Waals surface area contributed by atoms with E-state index >= 15 is 0 Å². The van der Waals surface area contributed by atoms with E-state index in [1.165, 1.54) is 0 Å². The number of halogens is 3. The molecule has 0 amide bonds. The molecule has 17 heavy (non-hydrogen) atoms. The Hall–Kier alpha value is 1.32. The van der Waals surface area contributed by atoms with E-state index in [1.54, 1.807) is 12.5 Å². The summed E-state index contributed by atoms with van der Waals surface area (Å²) in [5, 5.41) is 0. The van der Waals surface area contributed by atoms with Crippen LogP contribution in [0.2, 0.25) is 0 Å². The van der Waals surface area contributed by atoms with Crippen LogP contribution in [-0.2, 0) is 12.0 Å². The summed E-state index contributed by atoms with van der Waals surface area (Å²) in [6.45, 7) is 5.87. The van der Waals surface area contributed by atoms with Gasteiger partial charge in [0.25, 0.3) is 0 Å². The van der Waals surface area contributed by atoms with E-state index in [2.05, 4.69) is 74.9 Å². The van der Waals surface area contributed by atoms with Crippen LogP contribution < -0.4 is 0 Å². The molecule has 0 saturated heterocycles. The van der Waals surface area contributed by atoms with Gasteiger partial charge in [-0.05, 0) is 6.92 Å². The number of fused-ring (bicyclic) bond motifs is 1. The van der Waals surface area contributed by atoms with Gasteiger partial charge in [-0.25, -0.2) is 15.0 Å². The molecule has 0 fully saturated rings. The van der Waals surface area contributed by atoms with Gasteiger partial charge >= 0.3 is 64.9 Å². The van der Waals surface area contributed by atoms with Crippen molar-refractivity contribution in [1.29, 1.82) is 0 Å². The molecule has 0 bridgehead atoms. The van der Waals surface area contributed by atoms with Crippen molar-refractivity contribution in [3.8, 4) is 0 Å². The van der Waals surface area contributed by atoms with E-state index in [-0.39, 0.29) is 4.92 Å². The van der Waals surface area contributed by atoms with Crippen LogP contribution >= 0.6 is 59.9 Å². The van der Waals surface area contributed by atoms with E-state index in [0.29, 0.717) is 0 Å². The van der Waals surface area contributed by atoms with Crippen LogP contribution in [-0.4, -0.2) is 19.5 Å². The molecule has 0 spiro atoms. The van der Waals surface area contributed by atoms with Crippen molar-refractivity contribution >= 4 is 71.1 Å². The summed E-state index contributed by atoms with van der Waals surface area (Å²) in [5.41, 5.74) is 1.73. The van der Waals surface area contributed by atoms with Gasteiger partial charge < -0.3 is 4.57 Å². The van der Waals surface area contributed by atoms with Crippen molar-refractivity contribution in [2.75, 3.05) is 0 Å². The maximum atomic E-state index is 4.22. The van der Waals surface area contributed by atoms with Crippen molar-refractivity contribution in [2.45, 2.75) is 20.8 Å². The molecule has 2 aromatic rings. The van der Waals surface area contributed by atoms with E-state index < -0.39 is 0 Å². The average Bonchev–Trinajstić information content (AvgIpc) is 2.63. The minimum atomic E-state index is -0.278. The molecule has 0 aliphatic heterocycles. The van der Waals surface area contributed by atoms with Gasteiger partial charge in [-0.1, -0.05) is 13.8 Å². The summed E-state index contributed by atoms with van der Waals surface area (Å²) in [7, 11) is 1.92. The quantitative estimate of drug-likeness (QED) is 0.418. The Bertz CT molecular complexity index is 444. The minimum absolute atomic E-state index is 0.278. The number of nitrogens with zero attached hydrogens (tertiary/aromatic N) is 4. The normalized spacial score (nSPS) is 9.41. The van der Waals surface area contributed by atoms with Crippen molar-refractivity contribution in [3.05, 3.63) is 18.3 Å². The fraction of sp³-hybridized carbons (Fsp3) is 0.444. The third-order valence-electron chi connectivity index (χ3n) is 1.57. The van der Waals surface area contributed by atoms with Crippen molar-refractivity contribution < 1.29 is 4.92 Å². The van der Waals surface area contributed by atoms with Crippen molar-refractivity contribution in [2.24, 2.45) is 7.05 Å². The molecule has 0 saturated carbocycles. The maximum absolute atomic E-state index is 4.22. The van der Waals surface area contributed by atoms with Gasteiger partial charge in [0.2, 0.25) is 0 Å². The Morgan fingerprint density at radius 2 is 1.71 bits per heavy atom. The number of aromatic nitrogens is 4. The van der Waals surface area contributed by atoms with Gasteiger partial charge in [0, 0.05) is 7.05 Å². The topological polar surface area (TPSA) is 43.6 Å². The Kier molecular flexibility index (Phi) is 10.9. The number of hydrogen-bond acceptors (Lipinski definition) is 3. The molecule has 96 valence electrons. The predicted molar refractivity (Wildman–Crippen MR) is 94.4 cm³/mol. The molecule has 8 heteroatoms. The van der Waals surface area contributed by atoms with Gasteiger partial charge in [0.1, 0.15) is 11.3 Å². The summed E-state index contributed by atoms with van der Waals surface area (Å²) < 4.78 is 1.88. The van der Waals surface area contributed by atoms with Gasteiger partial charge in [-0.2, -0.15) is 0 Å². The molecule has 2 rings (SSSR count). The van der Waals surface area contributed by atoms with Crippen LogP contribution in [0.15, 0.2) is 12.5 Å². The molecule has 0 aliphatic rings. The van der Waals surface area contributed by atoms with E-state index in [1.807, 2.05) is 32.4 Å². The van der Waals surface area contributed by atoms with Gasteiger partial charge in [-0.15, -0.1) is 0 Å². The molecule has 0 N–H and O–H groups in total. The average molecular weight is 610 g/mol. The van der Waals surface area contributed by atoms with Gasteiger partial charge in [-0.3, -0.25) is 0 Å². The molecule has 4 nitrogen and oxygen atoms in total. The molecule has 0 atom stereocenters. The number of imidazole rings is 1. The third kappa shape index (κ3) is 7.48. The van der Waals surface area contributed by atoms with Crippen LogP contribution in [0.4, 0.5) is 0 Å². The molecular weight excluding hydrogens is 596 g/mol. The molecule has 0 unspecified atom stereocenters. The molecular formula is C9H14I3N4V. The van der Waals surface area contributed by atoms with Crippen LogP contribution in [0.3, 0.4) is 0 Å². The van der Waals surface area contributed by atoms with Crippen molar-refractivity contribution in [3.63, 3.8) is 0 Å². The SMILES string of the molecule is CC.Cc1ncc2ncn(C)c2n1.[I][V]([I])[I]. The third-order valence-corrected chi connectivity index (χ3v) is 1.57. The van der Waals surface area contributed by atoms with Crippen molar-refractivity contribution in [1.82, 2.24) is 19.5 Å². The Morgan fingerprint density at radius 1 is 1.18 bits per heavy atom. The first-order chi connectivity index (χ1) is 8.00. The first-order valence-corrected chi connectivity index (χ1v) is 18.4. The van der Waals surface area contributed by atoms with Crippen LogP contribution in [0, 0.1) is 6.92 Å². The predicted octanol–water partition coefficient (Wildman–Crippen LogP) is 4.35. The van der Waals surface area contributed by atoms with E-state index in [0.717, 1.165) is 17.0 Å². The summed E-state index contributed by atoms with van der Waals surface area (Å²) >= 11 is 7.39. The number of rotatable bonds is 0. The second-order valence-electron chi connectivity index (χ2n) is 2.67. The summed E-state index contributed by atoms with van der Waals surface area (Å²) in [4.78, 5) is 12.1. The van der Waals surface area contributed by atoms with E-state index in [4.69, 9.17) is 0 Å². The molecule has 2 heterocycles. The van der Waals surface area contributed by atoms with Crippen LogP contribution in [0.1, 0.15) is 19.7 Å². The zero-order chi connectivity index (χ0) is 13.4. The first kappa shape index (κ1) is 18.3.